The number of carbonyl (C=O) groups is 1. The highest BCUT2D eigenvalue weighted by molar-refractivity contribution is 5.94. The Kier molecular flexibility index (Phi) is 4.23. The first-order valence-corrected chi connectivity index (χ1v) is 9.03. The van der Waals surface area contributed by atoms with Crippen LogP contribution in [0.4, 0.5) is 4.39 Å². The van der Waals surface area contributed by atoms with Gasteiger partial charge in [-0.3, -0.25) is 4.79 Å². The molecule has 4 rings (SSSR count). The van der Waals surface area contributed by atoms with Crippen LogP contribution in [0.25, 0.3) is 11.0 Å². The van der Waals surface area contributed by atoms with Gasteiger partial charge in [0, 0.05) is 19.1 Å². The van der Waals surface area contributed by atoms with E-state index in [-0.39, 0.29) is 11.5 Å². The summed E-state index contributed by atoms with van der Waals surface area (Å²) < 4.78 is 16.2. The maximum absolute atomic E-state index is 13.9. The summed E-state index contributed by atoms with van der Waals surface area (Å²) in [6.45, 7) is 5.37. The van der Waals surface area contributed by atoms with E-state index in [0.29, 0.717) is 19.1 Å². The molecule has 1 fully saturated rings. The summed E-state index contributed by atoms with van der Waals surface area (Å²) in [6.07, 6.45) is 1.70. The van der Waals surface area contributed by atoms with E-state index in [2.05, 4.69) is 34.7 Å². The van der Waals surface area contributed by atoms with Gasteiger partial charge in [-0.05, 0) is 56.5 Å². The molecule has 0 bridgehead atoms. The number of likely N-dealkylation sites (tertiary alicyclic amines) is 1. The summed E-state index contributed by atoms with van der Waals surface area (Å²) in [7, 11) is 0. The van der Waals surface area contributed by atoms with Gasteiger partial charge in [0.2, 0.25) is 0 Å². The van der Waals surface area contributed by atoms with Crippen molar-refractivity contribution in [2.24, 2.45) is 0 Å². The van der Waals surface area contributed by atoms with Crippen LogP contribution in [0.5, 0.6) is 0 Å². The van der Waals surface area contributed by atoms with Crippen LogP contribution in [-0.4, -0.2) is 33.4 Å². The van der Waals surface area contributed by atoms with Gasteiger partial charge < -0.3 is 9.47 Å². The molecule has 0 N–H and O–H groups in total. The number of piperidine rings is 1. The van der Waals surface area contributed by atoms with Crippen molar-refractivity contribution < 1.29 is 9.18 Å². The highest BCUT2D eigenvalue weighted by Gasteiger charge is 2.27. The van der Waals surface area contributed by atoms with Gasteiger partial charge in [0.05, 0.1) is 16.6 Å². The fourth-order valence-corrected chi connectivity index (χ4v) is 3.92. The van der Waals surface area contributed by atoms with Gasteiger partial charge in [-0.2, -0.15) is 0 Å². The first-order chi connectivity index (χ1) is 12.5. The smallest absolute Gasteiger partial charge is 0.256 e. The third kappa shape index (κ3) is 2.87. The van der Waals surface area contributed by atoms with Crippen molar-refractivity contribution in [3.8, 4) is 0 Å². The Morgan fingerprint density at radius 2 is 1.85 bits per heavy atom. The van der Waals surface area contributed by atoms with E-state index in [9.17, 15) is 9.18 Å². The zero-order chi connectivity index (χ0) is 18.3. The third-order valence-corrected chi connectivity index (χ3v) is 5.24. The normalized spacial score (nSPS) is 15.6. The zero-order valence-electron chi connectivity index (χ0n) is 15.1. The van der Waals surface area contributed by atoms with Crippen molar-refractivity contribution in [1.29, 1.82) is 0 Å². The molecule has 0 unspecified atom stereocenters. The van der Waals surface area contributed by atoms with Crippen LogP contribution in [0.3, 0.4) is 0 Å². The lowest BCUT2D eigenvalue weighted by Crippen LogP contribution is -2.39. The predicted octanol–water partition coefficient (Wildman–Crippen LogP) is 4.27. The number of benzene rings is 2. The molecule has 1 amide bonds. The lowest BCUT2D eigenvalue weighted by Gasteiger charge is -2.33. The Morgan fingerprint density at radius 3 is 2.58 bits per heavy atom. The molecule has 1 saturated heterocycles. The van der Waals surface area contributed by atoms with Crippen molar-refractivity contribution in [1.82, 2.24) is 14.5 Å². The van der Waals surface area contributed by atoms with E-state index < -0.39 is 5.82 Å². The average Bonchev–Trinajstić information content (AvgIpc) is 2.97. The molecule has 26 heavy (non-hydrogen) atoms. The highest BCUT2D eigenvalue weighted by atomic mass is 19.1. The molecule has 0 saturated carbocycles. The number of rotatable bonds is 2. The summed E-state index contributed by atoms with van der Waals surface area (Å²) in [5.41, 5.74) is 3.54. The van der Waals surface area contributed by atoms with E-state index >= 15 is 0 Å². The van der Waals surface area contributed by atoms with Crippen LogP contribution in [0.15, 0.2) is 42.5 Å². The monoisotopic (exact) mass is 351 g/mol. The molecule has 0 atom stereocenters. The van der Waals surface area contributed by atoms with Gasteiger partial charge in [-0.25, -0.2) is 9.37 Å². The van der Waals surface area contributed by atoms with Crippen LogP contribution in [0, 0.1) is 19.7 Å². The molecular weight excluding hydrogens is 329 g/mol. The van der Waals surface area contributed by atoms with E-state index in [1.165, 1.54) is 11.6 Å². The van der Waals surface area contributed by atoms with Crippen LogP contribution in [0.1, 0.15) is 40.6 Å². The van der Waals surface area contributed by atoms with E-state index in [0.717, 1.165) is 29.7 Å². The van der Waals surface area contributed by atoms with E-state index in [1.54, 1.807) is 23.1 Å². The van der Waals surface area contributed by atoms with Crippen molar-refractivity contribution in [3.63, 3.8) is 0 Å². The number of fused-ring (bicyclic) bond motifs is 1. The summed E-state index contributed by atoms with van der Waals surface area (Å²) in [5.74, 6) is 0.334. The number of amides is 1. The number of hydrogen-bond acceptors (Lipinski definition) is 2. The number of aromatic nitrogens is 2. The molecule has 1 aromatic heterocycles. The maximum Gasteiger partial charge on any atom is 0.256 e. The van der Waals surface area contributed by atoms with Crippen LogP contribution in [-0.2, 0) is 0 Å². The fourth-order valence-electron chi connectivity index (χ4n) is 3.92. The second-order valence-corrected chi connectivity index (χ2v) is 7.02. The largest absolute Gasteiger partial charge is 0.338 e. The number of hydrogen-bond donors (Lipinski definition) is 0. The molecule has 2 heterocycles. The molecule has 0 aliphatic carbocycles. The maximum atomic E-state index is 13.9. The number of halogens is 1. The molecule has 0 spiro atoms. The molecule has 4 nitrogen and oxygen atoms in total. The van der Waals surface area contributed by atoms with Gasteiger partial charge in [-0.15, -0.1) is 0 Å². The Morgan fingerprint density at radius 1 is 1.12 bits per heavy atom. The molecule has 5 heteroatoms. The lowest BCUT2D eigenvalue weighted by atomic mass is 10.0. The molecule has 2 aromatic carbocycles. The highest BCUT2D eigenvalue weighted by Crippen LogP contribution is 2.29. The predicted molar refractivity (Wildman–Crippen MR) is 99.8 cm³/mol. The zero-order valence-corrected chi connectivity index (χ0v) is 15.1. The second-order valence-electron chi connectivity index (χ2n) is 7.02. The fraction of sp³-hybridized carbons (Fsp3) is 0.333. The Bertz CT molecular complexity index is 971. The Hall–Kier alpha value is -2.69. The average molecular weight is 351 g/mol. The summed E-state index contributed by atoms with van der Waals surface area (Å²) in [4.78, 5) is 19.0. The molecule has 134 valence electrons. The van der Waals surface area contributed by atoms with Crippen LogP contribution in [0.2, 0.25) is 0 Å². The summed E-state index contributed by atoms with van der Waals surface area (Å²) in [6, 6.07) is 12.8. The second kappa shape index (κ2) is 6.56. The van der Waals surface area contributed by atoms with Crippen molar-refractivity contribution >= 4 is 16.9 Å². The van der Waals surface area contributed by atoms with Gasteiger partial charge in [0.1, 0.15) is 11.6 Å². The van der Waals surface area contributed by atoms with Crippen LogP contribution < -0.4 is 0 Å². The van der Waals surface area contributed by atoms with Crippen molar-refractivity contribution in [3.05, 3.63) is 65.2 Å². The molecule has 0 radical (unpaired) electrons. The van der Waals surface area contributed by atoms with Gasteiger partial charge in [0.15, 0.2) is 0 Å². The van der Waals surface area contributed by atoms with E-state index in [4.69, 9.17) is 0 Å². The number of imidazole rings is 1. The first kappa shape index (κ1) is 16.8. The quantitative estimate of drug-likeness (QED) is 0.691. The lowest BCUT2D eigenvalue weighted by molar-refractivity contribution is 0.0690. The molecule has 1 aliphatic rings. The number of carbonyl (C=O) groups excluding carboxylic acids is 1. The van der Waals surface area contributed by atoms with Crippen molar-refractivity contribution in [2.75, 3.05) is 13.1 Å². The Labute approximate surface area is 152 Å². The minimum absolute atomic E-state index is 0.158. The van der Waals surface area contributed by atoms with Gasteiger partial charge in [0.25, 0.3) is 5.91 Å². The minimum Gasteiger partial charge on any atom is -0.338 e. The van der Waals surface area contributed by atoms with Crippen molar-refractivity contribution in [2.45, 2.75) is 32.7 Å². The molecule has 1 aliphatic heterocycles. The number of nitrogens with zero attached hydrogens (tertiary/aromatic N) is 3. The minimum atomic E-state index is -0.452. The third-order valence-electron chi connectivity index (χ3n) is 5.24. The Balaban J connectivity index is 1.54. The molecule has 3 aromatic rings. The van der Waals surface area contributed by atoms with E-state index in [1.807, 2.05) is 6.92 Å². The summed E-state index contributed by atoms with van der Waals surface area (Å²) >= 11 is 0. The number of aryl methyl sites for hydroxylation is 2. The topological polar surface area (TPSA) is 38.1 Å². The molecular formula is C21H22FN3O. The van der Waals surface area contributed by atoms with Gasteiger partial charge >= 0.3 is 0 Å². The standard InChI is InChI=1S/C21H22FN3O/c1-14-7-8-19-20(13-14)25(15(2)23-19)16-9-11-24(12-10-16)21(26)17-5-3-4-6-18(17)22/h3-8,13,16H,9-12H2,1-2H3. The SMILES string of the molecule is Cc1ccc2nc(C)n(C3CCN(C(=O)c4ccccc4F)CC3)c2c1. The van der Waals surface area contributed by atoms with Gasteiger partial charge in [-0.1, -0.05) is 18.2 Å². The van der Waals surface area contributed by atoms with Crippen LogP contribution >= 0.6 is 0 Å². The summed E-state index contributed by atoms with van der Waals surface area (Å²) in [5, 5.41) is 0. The first-order valence-electron chi connectivity index (χ1n) is 9.03.